The van der Waals surface area contributed by atoms with Gasteiger partial charge in [-0.1, -0.05) is 43.4 Å². The third-order valence-electron chi connectivity index (χ3n) is 5.94. The number of aryl methyl sites for hydroxylation is 1. The van der Waals surface area contributed by atoms with Gasteiger partial charge in [-0.25, -0.2) is 8.42 Å². The van der Waals surface area contributed by atoms with E-state index in [1.54, 1.807) is 12.1 Å². The highest BCUT2D eigenvalue weighted by molar-refractivity contribution is 7.89. The second-order valence-corrected chi connectivity index (χ2v) is 10.1. The fourth-order valence-electron chi connectivity index (χ4n) is 4.16. The molecule has 1 saturated carbocycles. The third-order valence-corrected chi connectivity index (χ3v) is 7.86. The summed E-state index contributed by atoms with van der Waals surface area (Å²) in [5.74, 6) is 0.904. The predicted octanol–water partition coefficient (Wildman–Crippen LogP) is 2.39. The molecule has 0 atom stereocenters. The van der Waals surface area contributed by atoms with Crippen LogP contribution in [0.3, 0.4) is 0 Å². The zero-order valence-corrected chi connectivity index (χ0v) is 17.7. The summed E-state index contributed by atoms with van der Waals surface area (Å²) in [6, 6.07) is 6.96. The van der Waals surface area contributed by atoms with Gasteiger partial charge in [-0.3, -0.25) is 9.69 Å². The van der Waals surface area contributed by atoms with Gasteiger partial charge in [0.1, 0.15) is 0 Å². The van der Waals surface area contributed by atoms with Crippen LogP contribution in [0.4, 0.5) is 0 Å². The summed E-state index contributed by atoms with van der Waals surface area (Å²) in [5.41, 5.74) is 1.04. The molecule has 1 aliphatic carbocycles. The molecular formula is C21H33N3O3S. The van der Waals surface area contributed by atoms with Gasteiger partial charge < -0.3 is 5.32 Å². The lowest BCUT2D eigenvalue weighted by atomic mass is 10.0. The van der Waals surface area contributed by atoms with Gasteiger partial charge in [0.15, 0.2) is 0 Å². The number of sulfonamides is 1. The summed E-state index contributed by atoms with van der Waals surface area (Å²) in [4.78, 5) is 14.5. The Hall–Kier alpha value is -1.44. The van der Waals surface area contributed by atoms with Crippen LogP contribution >= 0.6 is 0 Å². The number of piperazine rings is 1. The number of hydrogen-bond donors (Lipinski definition) is 1. The molecule has 1 aromatic carbocycles. The molecule has 2 aliphatic rings. The van der Waals surface area contributed by atoms with Crippen LogP contribution in [0.2, 0.25) is 0 Å². The molecular weight excluding hydrogens is 374 g/mol. The standard InChI is InChI=1S/C21H33N3O3S/c1-18-8-10-20(11-9-18)28(26,27)24-15-13-23(14-16-24)17-21(25)22-12-4-7-19-5-2-3-6-19/h8-11,19H,2-7,12-17H2,1H3,(H,22,25). The maximum Gasteiger partial charge on any atom is 0.243 e. The van der Waals surface area contributed by atoms with E-state index in [2.05, 4.69) is 5.32 Å². The van der Waals surface area contributed by atoms with Gasteiger partial charge in [0.25, 0.3) is 0 Å². The number of carbonyl (C=O) groups is 1. The topological polar surface area (TPSA) is 69.7 Å². The molecule has 0 radical (unpaired) electrons. The van der Waals surface area contributed by atoms with Crippen LogP contribution in [0, 0.1) is 12.8 Å². The summed E-state index contributed by atoms with van der Waals surface area (Å²) in [5, 5.41) is 3.01. The summed E-state index contributed by atoms with van der Waals surface area (Å²) in [6.07, 6.45) is 7.70. The van der Waals surface area contributed by atoms with Crippen LogP contribution in [0.5, 0.6) is 0 Å². The van der Waals surface area contributed by atoms with Crippen molar-refractivity contribution in [3.63, 3.8) is 0 Å². The first kappa shape index (κ1) is 21.3. The van der Waals surface area contributed by atoms with Crippen molar-refractivity contribution >= 4 is 15.9 Å². The minimum atomic E-state index is -3.45. The van der Waals surface area contributed by atoms with Gasteiger partial charge >= 0.3 is 0 Å². The molecule has 1 N–H and O–H groups in total. The van der Waals surface area contributed by atoms with Gasteiger partial charge in [-0.2, -0.15) is 4.31 Å². The average Bonchev–Trinajstić information content (AvgIpc) is 3.20. The molecule has 1 aliphatic heterocycles. The van der Waals surface area contributed by atoms with Crippen molar-refractivity contribution in [1.29, 1.82) is 0 Å². The Bertz CT molecular complexity index is 735. The fourth-order valence-corrected chi connectivity index (χ4v) is 5.59. The van der Waals surface area contributed by atoms with E-state index in [-0.39, 0.29) is 5.91 Å². The highest BCUT2D eigenvalue weighted by atomic mass is 32.2. The Labute approximate surface area is 169 Å². The van der Waals surface area contributed by atoms with Crippen molar-refractivity contribution in [2.24, 2.45) is 5.92 Å². The van der Waals surface area contributed by atoms with E-state index in [1.165, 1.54) is 36.4 Å². The van der Waals surface area contributed by atoms with E-state index >= 15 is 0 Å². The largest absolute Gasteiger partial charge is 0.355 e. The molecule has 1 aromatic rings. The fraction of sp³-hybridized carbons (Fsp3) is 0.667. The monoisotopic (exact) mass is 407 g/mol. The Morgan fingerprint density at radius 3 is 2.36 bits per heavy atom. The maximum atomic E-state index is 12.7. The smallest absolute Gasteiger partial charge is 0.243 e. The van der Waals surface area contributed by atoms with Crippen molar-refractivity contribution < 1.29 is 13.2 Å². The Morgan fingerprint density at radius 1 is 1.07 bits per heavy atom. The van der Waals surface area contributed by atoms with E-state index in [9.17, 15) is 13.2 Å². The second-order valence-electron chi connectivity index (χ2n) is 8.14. The van der Waals surface area contributed by atoms with Crippen LogP contribution in [0.15, 0.2) is 29.2 Å². The highest BCUT2D eigenvalue weighted by Crippen LogP contribution is 2.28. The predicted molar refractivity (Wildman–Crippen MR) is 111 cm³/mol. The number of rotatable bonds is 8. The molecule has 28 heavy (non-hydrogen) atoms. The van der Waals surface area contributed by atoms with Gasteiger partial charge in [-0.15, -0.1) is 0 Å². The first-order chi connectivity index (χ1) is 13.4. The van der Waals surface area contributed by atoms with Crippen molar-refractivity contribution in [1.82, 2.24) is 14.5 Å². The van der Waals surface area contributed by atoms with Crippen LogP contribution in [0.1, 0.15) is 44.1 Å². The SMILES string of the molecule is Cc1ccc(S(=O)(=O)N2CCN(CC(=O)NCCCC3CCCC3)CC2)cc1. The van der Waals surface area contributed by atoms with Gasteiger partial charge in [0.05, 0.1) is 11.4 Å². The molecule has 156 valence electrons. The second kappa shape index (κ2) is 9.85. The van der Waals surface area contributed by atoms with Crippen molar-refractivity contribution in [2.45, 2.75) is 50.3 Å². The number of hydrogen-bond acceptors (Lipinski definition) is 4. The Kier molecular flexibility index (Phi) is 7.48. The summed E-state index contributed by atoms with van der Waals surface area (Å²) in [6.45, 7) is 5.05. The van der Waals surface area contributed by atoms with E-state index < -0.39 is 10.0 Å². The molecule has 2 fully saturated rings. The number of amides is 1. The number of carbonyl (C=O) groups excluding carboxylic acids is 1. The molecule has 0 bridgehead atoms. The molecule has 1 amide bonds. The van der Waals surface area contributed by atoms with Gasteiger partial charge in [-0.05, 0) is 37.8 Å². The maximum absolute atomic E-state index is 12.7. The third kappa shape index (κ3) is 5.78. The van der Waals surface area contributed by atoms with Gasteiger partial charge in [0, 0.05) is 32.7 Å². The van der Waals surface area contributed by atoms with E-state index in [0.29, 0.717) is 37.6 Å². The number of benzene rings is 1. The summed E-state index contributed by atoms with van der Waals surface area (Å²) < 4.78 is 27.0. The van der Waals surface area contributed by atoms with Crippen LogP contribution < -0.4 is 5.32 Å². The summed E-state index contributed by atoms with van der Waals surface area (Å²) >= 11 is 0. The first-order valence-electron chi connectivity index (χ1n) is 10.5. The van der Waals surface area contributed by atoms with Crippen LogP contribution in [-0.2, 0) is 14.8 Å². The number of nitrogens with one attached hydrogen (secondary N) is 1. The molecule has 1 saturated heterocycles. The lowest BCUT2D eigenvalue weighted by Gasteiger charge is -2.33. The van der Waals surface area contributed by atoms with E-state index in [1.807, 2.05) is 24.0 Å². The van der Waals surface area contributed by atoms with Crippen LogP contribution in [-0.4, -0.2) is 62.8 Å². The van der Waals surface area contributed by atoms with Crippen molar-refractivity contribution in [3.8, 4) is 0 Å². The molecule has 0 aromatic heterocycles. The minimum Gasteiger partial charge on any atom is -0.355 e. The molecule has 6 nitrogen and oxygen atoms in total. The van der Waals surface area contributed by atoms with E-state index in [4.69, 9.17) is 0 Å². The normalized spacial score (nSPS) is 19.8. The molecule has 1 heterocycles. The van der Waals surface area contributed by atoms with Crippen LogP contribution in [0.25, 0.3) is 0 Å². The Balaban J connectivity index is 1.37. The molecule has 3 rings (SSSR count). The Morgan fingerprint density at radius 2 is 1.71 bits per heavy atom. The zero-order chi connectivity index (χ0) is 20.0. The average molecular weight is 408 g/mol. The molecule has 7 heteroatoms. The zero-order valence-electron chi connectivity index (χ0n) is 16.9. The van der Waals surface area contributed by atoms with E-state index in [0.717, 1.165) is 24.4 Å². The molecule has 0 spiro atoms. The van der Waals surface area contributed by atoms with Gasteiger partial charge in [0.2, 0.25) is 15.9 Å². The molecule has 0 unspecified atom stereocenters. The number of nitrogens with zero attached hydrogens (tertiary/aromatic N) is 2. The first-order valence-corrected chi connectivity index (χ1v) is 11.9. The van der Waals surface area contributed by atoms with Crippen molar-refractivity contribution in [2.75, 3.05) is 39.3 Å². The highest BCUT2D eigenvalue weighted by Gasteiger charge is 2.28. The lowest BCUT2D eigenvalue weighted by molar-refractivity contribution is -0.122. The minimum absolute atomic E-state index is 0.0428. The van der Waals surface area contributed by atoms with Crippen molar-refractivity contribution in [3.05, 3.63) is 29.8 Å². The lowest BCUT2D eigenvalue weighted by Crippen LogP contribution is -2.51. The summed E-state index contributed by atoms with van der Waals surface area (Å²) in [7, 11) is -3.45. The quantitative estimate of drug-likeness (QED) is 0.672.